The molecule has 0 N–H and O–H groups in total. The van der Waals surface area contributed by atoms with Crippen LogP contribution in [0.2, 0.25) is 0 Å². The lowest BCUT2D eigenvalue weighted by molar-refractivity contribution is 0.154. The van der Waals surface area contributed by atoms with E-state index in [0.717, 1.165) is 0 Å². The topological polar surface area (TPSA) is 55.0 Å². The Kier molecular flexibility index (Phi) is 6.53. The molecular formula is C25H27F2N5O2. The van der Waals surface area contributed by atoms with Crippen molar-refractivity contribution in [2.45, 2.75) is 39.4 Å². The summed E-state index contributed by atoms with van der Waals surface area (Å²) >= 11 is 0. The molecule has 1 aliphatic rings. The predicted molar refractivity (Wildman–Crippen MR) is 127 cm³/mol. The highest BCUT2D eigenvalue weighted by Gasteiger charge is 2.32. The SMILES string of the molecule is [C-]#[N+]c1ccc2c(n1)c(N1C[C@@H](C)N(Cc3c(F)cc(OCC)cc3F)C[C@@H]1C)cc(=O)n2C. The fourth-order valence-corrected chi connectivity index (χ4v) is 4.52. The van der Waals surface area contributed by atoms with Crippen LogP contribution in [0, 0.1) is 18.2 Å². The van der Waals surface area contributed by atoms with Crippen LogP contribution >= 0.6 is 0 Å². The fraction of sp³-hybridized carbons (Fsp3) is 0.400. The van der Waals surface area contributed by atoms with E-state index in [4.69, 9.17) is 11.3 Å². The van der Waals surface area contributed by atoms with Crippen molar-refractivity contribution in [3.8, 4) is 5.75 Å². The van der Waals surface area contributed by atoms with Gasteiger partial charge in [0, 0.05) is 62.5 Å². The third kappa shape index (κ3) is 4.33. The van der Waals surface area contributed by atoms with Crippen LogP contribution in [0.5, 0.6) is 5.75 Å². The first-order chi connectivity index (χ1) is 16.2. The van der Waals surface area contributed by atoms with Gasteiger partial charge >= 0.3 is 0 Å². The normalized spacial score (nSPS) is 18.8. The second kappa shape index (κ2) is 9.39. The minimum absolute atomic E-state index is 0.0124. The Morgan fingerprint density at radius 3 is 2.50 bits per heavy atom. The first-order valence-corrected chi connectivity index (χ1v) is 11.2. The maximum absolute atomic E-state index is 14.7. The van der Waals surface area contributed by atoms with E-state index < -0.39 is 11.6 Å². The van der Waals surface area contributed by atoms with E-state index in [9.17, 15) is 13.6 Å². The third-order valence-electron chi connectivity index (χ3n) is 6.38. The molecule has 0 radical (unpaired) electrons. The van der Waals surface area contributed by atoms with Crippen LogP contribution in [0.15, 0.2) is 35.1 Å². The molecule has 3 aromatic rings. The Labute approximate surface area is 197 Å². The van der Waals surface area contributed by atoms with Gasteiger partial charge in [0.25, 0.3) is 11.4 Å². The van der Waals surface area contributed by atoms with Crippen molar-refractivity contribution >= 4 is 22.5 Å². The zero-order chi connectivity index (χ0) is 24.6. The number of piperazine rings is 1. The maximum atomic E-state index is 14.7. The highest BCUT2D eigenvalue weighted by Crippen LogP contribution is 2.31. The van der Waals surface area contributed by atoms with Gasteiger partial charge in [-0.15, -0.1) is 4.98 Å². The molecule has 1 fully saturated rings. The van der Waals surface area contributed by atoms with Gasteiger partial charge < -0.3 is 19.0 Å². The molecule has 0 saturated carbocycles. The number of halogens is 2. The summed E-state index contributed by atoms with van der Waals surface area (Å²) in [5, 5.41) is 0. The van der Waals surface area contributed by atoms with Crippen molar-refractivity contribution in [3.05, 3.63) is 69.3 Å². The molecule has 0 aliphatic carbocycles. The molecule has 4 rings (SSSR count). The number of pyridine rings is 2. The van der Waals surface area contributed by atoms with Gasteiger partial charge in [0.05, 0.1) is 17.8 Å². The number of nitrogens with zero attached hydrogens (tertiary/aromatic N) is 5. The summed E-state index contributed by atoms with van der Waals surface area (Å²) in [5.41, 5.74) is 1.75. The molecule has 1 aliphatic heterocycles. The largest absolute Gasteiger partial charge is 0.494 e. The first-order valence-electron chi connectivity index (χ1n) is 11.2. The van der Waals surface area contributed by atoms with Crippen LogP contribution in [0.3, 0.4) is 0 Å². The van der Waals surface area contributed by atoms with Gasteiger partial charge in [0.15, 0.2) is 0 Å². The van der Waals surface area contributed by atoms with Gasteiger partial charge in [-0.25, -0.2) is 8.78 Å². The molecule has 9 heteroatoms. The predicted octanol–water partition coefficient (Wildman–Crippen LogP) is 4.26. The quantitative estimate of drug-likeness (QED) is 0.525. The van der Waals surface area contributed by atoms with Crippen LogP contribution in [-0.4, -0.2) is 46.2 Å². The molecule has 1 aromatic carbocycles. The molecule has 0 spiro atoms. The van der Waals surface area contributed by atoms with E-state index >= 15 is 0 Å². The van der Waals surface area contributed by atoms with Crippen molar-refractivity contribution in [2.24, 2.45) is 7.05 Å². The van der Waals surface area contributed by atoms with Crippen LogP contribution < -0.4 is 15.2 Å². The molecule has 2 atom stereocenters. The van der Waals surface area contributed by atoms with Crippen molar-refractivity contribution in [1.29, 1.82) is 0 Å². The molecule has 178 valence electrons. The van der Waals surface area contributed by atoms with Gasteiger partial charge in [-0.05, 0) is 32.9 Å². The van der Waals surface area contributed by atoms with E-state index in [1.807, 2.05) is 18.7 Å². The highest BCUT2D eigenvalue weighted by molar-refractivity contribution is 5.89. The highest BCUT2D eigenvalue weighted by atomic mass is 19.1. The monoisotopic (exact) mass is 467 g/mol. The zero-order valence-corrected chi connectivity index (χ0v) is 19.7. The van der Waals surface area contributed by atoms with Crippen molar-refractivity contribution in [1.82, 2.24) is 14.5 Å². The van der Waals surface area contributed by atoms with Crippen molar-refractivity contribution in [3.63, 3.8) is 0 Å². The lowest BCUT2D eigenvalue weighted by atomic mass is 10.0. The van der Waals surface area contributed by atoms with Gasteiger partial charge in [-0.3, -0.25) is 9.69 Å². The molecule has 34 heavy (non-hydrogen) atoms. The summed E-state index contributed by atoms with van der Waals surface area (Å²) in [4.78, 5) is 24.7. The summed E-state index contributed by atoms with van der Waals surface area (Å²) < 4.78 is 36.1. The van der Waals surface area contributed by atoms with E-state index in [2.05, 4.69) is 14.7 Å². The first kappa shape index (κ1) is 23.6. The van der Waals surface area contributed by atoms with Gasteiger partial charge in [-0.2, -0.15) is 0 Å². The molecule has 7 nitrogen and oxygen atoms in total. The zero-order valence-electron chi connectivity index (χ0n) is 19.7. The summed E-state index contributed by atoms with van der Waals surface area (Å²) in [6, 6.07) is 7.22. The van der Waals surface area contributed by atoms with Crippen LogP contribution in [0.1, 0.15) is 26.3 Å². The lowest BCUT2D eigenvalue weighted by Gasteiger charge is -2.45. The number of benzene rings is 1. The van der Waals surface area contributed by atoms with Gasteiger partial charge in [-0.1, -0.05) is 6.57 Å². The number of hydrogen-bond donors (Lipinski definition) is 0. The average molecular weight is 468 g/mol. The van der Waals surface area contributed by atoms with Crippen LogP contribution in [-0.2, 0) is 13.6 Å². The standard InChI is InChI=1S/C25H27F2N5O2/c1-6-34-17-9-19(26)18(20(27)10-17)14-31-12-16(3)32(13-15(31)2)22-11-24(33)30(5)21-7-8-23(28-4)29-25(21)22/h7-11,15-16H,6,12-14H2,1-3,5H3/t15-,16+/m1/s1. The van der Waals surface area contributed by atoms with Gasteiger partial charge in [0.2, 0.25) is 5.52 Å². The summed E-state index contributed by atoms with van der Waals surface area (Å²) in [6.45, 7) is 14.6. The summed E-state index contributed by atoms with van der Waals surface area (Å²) in [5.74, 6) is -0.817. The van der Waals surface area contributed by atoms with Gasteiger partial charge in [0.1, 0.15) is 17.4 Å². The molecule has 0 unspecified atom stereocenters. The van der Waals surface area contributed by atoms with Crippen LogP contribution in [0.4, 0.5) is 20.3 Å². The summed E-state index contributed by atoms with van der Waals surface area (Å²) in [7, 11) is 1.68. The Morgan fingerprint density at radius 2 is 1.85 bits per heavy atom. The van der Waals surface area contributed by atoms with E-state index in [-0.39, 0.29) is 41.3 Å². The fourth-order valence-electron chi connectivity index (χ4n) is 4.52. The van der Waals surface area contributed by atoms with E-state index in [0.29, 0.717) is 36.4 Å². The molecule has 1 saturated heterocycles. The number of fused-ring (bicyclic) bond motifs is 1. The lowest BCUT2D eigenvalue weighted by Crippen LogP contribution is -2.56. The Hall–Kier alpha value is -3.51. The molecule has 3 heterocycles. The number of aryl methyl sites for hydroxylation is 1. The minimum Gasteiger partial charge on any atom is -0.494 e. The molecule has 0 amide bonds. The third-order valence-corrected chi connectivity index (χ3v) is 6.38. The number of anilines is 1. The molecule has 2 aromatic heterocycles. The van der Waals surface area contributed by atoms with E-state index in [1.54, 1.807) is 32.2 Å². The average Bonchev–Trinajstić information content (AvgIpc) is 2.80. The second-order valence-corrected chi connectivity index (χ2v) is 8.65. The Bertz CT molecular complexity index is 1310. The summed E-state index contributed by atoms with van der Waals surface area (Å²) in [6.07, 6.45) is 0. The maximum Gasteiger partial charge on any atom is 0.270 e. The van der Waals surface area contributed by atoms with Crippen molar-refractivity contribution in [2.75, 3.05) is 24.6 Å². The number of rotatable bonds is 5. The molecule has 0 bridgehead atoms. The smallest absolute Gasteiger partial charge is 0.270 e. The Balaban J connectivity index is 1.64. The Morgan fingerprint density at radius 1 is 1.15 bits per heavy atom. The van der Waals surface area contributed by atoms with Crippen molar-refractivity contribution < 1.29 is 13.5 Å². The minimum atomic E-state index is -0.626. The second-order valence-electron chi connectivity index (χ2n) is 8.65. The molecular weight excluding hydrogens is 440 g/mol. The van der Waals surface area contributed by atoms with E-state index in [1.165, 1.54) is 16.7 Å². The number of ether oxygens (including phenoxy) is 1. The number of aromatic nitrogens is 2. The number of hydrogen-bond acceptors (Lipinski definition) is 5. The van der Waals surface area contributed by atoms with Crippen LogP contribution in [0.25, 0.3) is 15.9 Å².